The molecule has 0 radical (unpaired) electrons. The first-order chi connectivity index (χ1) is 10.1. The predicted molar refractivity (Wildman–Crippen MR) is 87.1 cm³/mol. The summed E-state index contributed by atoms with van der Waals surface area (Å²) in [4.78, 5) is 14.3. The van der Waals surface area contributed by atoms with E-state index in [1.807, 2.05) is 7.05 Å². The lowest BCUT2D eigenvalue weighted by atomic mass is 10.2. The molecule has 1 fully saturated rings. The topological polar surface area (TPSA) is 50.3 Å². The van der Waals surface area contributed by atoms with Crippen molar-refractivity contribution >= 4 is 27.4 Å². The smallest absolute Gasteiger partial charge is 0.146 e. The standard InChI is InChI=1S/C15H22N4OS/c1-9-8-20-6-5-19(9)7-12-17-14(16-4)13-10(2)11(3)21-15(13)18-12/h9H,5-8H2,1-4H3,(H,16,17,18). The van der Waals surface area contributed by atoms with Crippen LogP contribution in [0.15, 0.2) is 0 Å². The highest BCUT2D eigenvalue weighted by molar-refractivity contribution is 7.18. The molecule has 1 saturated heterocycles. The maximum absolute atomic E-state index is 5.49. The van der Waals surface area contributed by atoms with Crippen molar-refractivity contribution in [1.82, 2.24) is 14.9 Å². The Labute approximate surface area is 129 Å². The molecule has 0 aromatic carbocycles. The molecule has 0 bridgehead atoms. The third kappa shape index (κ3) is 2.75. The van der Waals surface area contributed by atoms with Crippen LogP contribution in [0.5, 0.6) is 0 Å². The number of morpholine rings is 1. The average molecular weight is 306 g/mol. The number of hydrogen-bond acceptors (Lipinski definition) is 6. The van der Waals surface area contributed by atoms with Crippen LogP contribution in [0.4, 0.5) is 5.82 Å². The van der Waals surface area contributed by atoms with Crippen molar-refractivity contribution in [2.24, 2.45) is 0 Å². The minimum atomic E-state index is 0.419. The van der Waals surface area contributed by atoms with Gasteiger partial charge in [0.15, 0.2) is 0 Å². The SMILES string of the molecule is CNc1nc(CN2CCOCC2C)nc2sc(C)c(C)c12. The van der Waals surface area contributed by atoms with Gasteiger partial charge in [-0.15, -0.1) is 11.3 Å². The van der Waals surface area contributed by atoms with E-state index in [0.29, 0.717) is 6.04 Å². The zero-order valence-corrected chi connectivity index (χ0v) is 13.9. The molecule has 2 aromatic rings. The molecule has 0 saturated carbocycles. The van der Waals surface area contributed by atoms with Gasteiger partial charge in [0.1, 0.15) is 16.5 Å². The molecule has 1 atom stereocenters. The van der Waals surface area contributed by atoms with E-state index in [2.05, 4.69) is 31.0 Å². The quantitative estimate of drug-likeness (QED) is 0.944. The summed E-state index contributed by atoms with van der Waals surface area (Å²) in [5.41, 5.74) is 1.28. The molecule has 2 aromatic heterocycles. The number of fused-ring (bicyclic) bond motifs is 1. The van der Waals surface area contributed by atoms with Crippen molar-refractivity contribution in [3.63, 3.8) is 0 Å². The first kappa shape index (κ1) is 14.7. The van der Waals surface area contributed by atoms with Crippen molar-refractivity contribution in [2.45, 2.75) is 33.4 Å². The molecule has 0 spiro atoms. The summed E-state index contributed by atoms with van der Waals surface area (Å²) in [5.74, 6) is 1.83. The highest BCUT2D eigenvalue weighted by Gasteiger charge is 2.21. The molecule has 1 aliphatic rings. The van der Waals surface area contributed by atoms with Crippen molar-refractivity contribution in [2.75, 3.05) is 32.1 Å². The van der Waals surface area contributed by atoms with Gasteiger partial charge in [-0.1, -0.05) is 0 Å². The van der Waals surface area contributed by atoms with Crippen LogP contribution in [0.25, 0.3) is 10.2 Å². The van der Waals surface area contributed by atoms with Crippen LogP contribution in [0, 0.1) is 13.8 Å². The number of rotatable bonds is 3. The van der Waals surface area contributed by atoms with Crippen molar-refractivity contribution in [3.8, 4) is 0 Å². The molecule has 6 heteroatoms. The minimum absolute atomic E-state index is 0.419. The van der Waals surface area contributed by atoms with Gasteiger partial charge >= 0.3 is 0 Å². The number of nitrogens with one attached hydrogen (secondary N) is 1. The minimum Gasteiger partial charge on any atom is -0.379 e. The van der Waals surface area contributed by atoms with E-state index in [-0.39, 0.29) is 0 Å². The zero-order chi connectivity index (χ0) is 15.0. The summed E-state index contributed by atoms with van der Waals surface area (Å²) in [6.45, 7) is 9.79. The number of aromatic nitrogens is 2. The summed E-state index contributed by atoms with van der Waals surface area (Å²) in [5, 5.41) is 4.39. The molecule has 21 heavy (non-hydrogen) atoms. The fraction of sp³-hybridized carbons (Fsp3) is 0.600. The highest BCUT2D eigenvalue weighted by atomic mass is 32.1. The van der Waals surface area contributed by atoms with E-state index in [0.717, 1.165) is 42.8 Å². The summed E-state index contributed by atoms with van der Waals surface area (Å²) in [6, 6.07) is 0.419. The molecule has 3 heterocycles. The van der Waals surface area contributed by atoms with Gasteiger partial charge in [-0.3, -0.25) is 4.90 Å². The van der Waals surface area contributed by atoms with Gasteiger partial charge in [0.25, 0.3) is 0 Å². The number of nitrogens with zero attached hydrogens (tertiary/aromatic N) is 3. The second kappa shape index (κ2) is 5.87. The largest absolute Gasteiger partial charge is 0.379 e. The van der Waals surface area contributed by atoms with E-state index in [4.69, 9.17) is 14.7 Å². The summed E-state index contributed by atoms with van der Waals surface area (Å²) in [6.07, 6.45) is 0. The predicted octanol–water partition coefficient (Wildman–Crippen LogP) is 2.57. The molecule has 1 unspecified atom stereocenters. The summed E-state index contributed by atoms with van der Waals surface area (Å²) < 4.78 is 5.49. The lowest BCUT2D eigenvalue weighted by Gasteiger charge is -2.32. The van der Waals surface area contributed by atoms with Crippen LogP contribution in [-0.2, 0) is 11.3 Å². The number of thiophene rings is 1. The first-order valence-electron chi connectivity index (χ1n) is 7.36. The van der Waals surface area contributed by atoms with Crippen molar-refractivity contribution in [3.05, 3.63) is 16.3 Å². The first-order valence-corrected chi connectivity index (χ1v) is 8.18. The van der Waals surface area contributed by atoms with E-state index in [1.54, 1.807) is 11.3 Å². The maximum atomic E-state index is 5.49. The molecule has 114 valence electrons. The lowest BCUT2D eigenvalue weighted by Crippen LogP contribution is -2.43. The molecule has 3 rings (SSSR count). The lowest BCUT2D eigenvalue weighted by molar-refractivity contribution is -0.00543. The Morgan fingerprint density at radius 1 is 1.38 bits per heavy atom. The van der Waals surface area contributed by atoms with Gasteiger partial charge < -0.3 is 10.1 Å². The molecule has 1 N–H and O–H groups in total. The molecule has 0 amide bonds. The average Bonchev–Trinajstić information content (AvgIpc) is 2.76. The molecule has 0 aliphatic carbocycles. The van der Waals surface area contributed by atoms with E-state index in [1.165, 1.54) is 15.8 Å². The fourth-order valence-electron chi connectivity index (χ4n) is 2.72. The Morgan fingerprint density at radius 3 is 2.90 bits per heavy atom. The number of ether oxygens (including phenoxy) is 1. The molecule has 5 nitrogen and oxygen atoms in total. The van der Waals surface area contributed by atoms with Crippen molar-refractivity contribution in [1.29, 1.82) is 0 Å². The third-order valence-corrected chi connectivity index (χ3v) is 5.26. The Hall–Kier alpha value is -1.24. The van der Waals surface area contributed by atoms with E-state index >= 15 is 0 Å². The second-order valence-electron chi connectivity index (χ2n) is 5.60. The van der Waals surface area contributed by atoms with Crippen LogP contribution >= 0.6 is 11.3 Å². The molecular weight excluding hydrogens is 284 g/mol. The van der Waals surface area contributed by atoms with E-state index < -0.39 is 0 Å². The van der Waals surface area contributed by atoms with Crippen LogP contribution in [0.3, 0.4) is 0 Å². The monoisotopic (exact) mass is 306 g/mol. The second-order valence-corrected chi connectivity index (χ2v) is 6.80. The normalized spacial score (nSPS) is 20.1. The van der Waals surface area contributed by atoms with Crippen LogP contribution in [-0.4, -0.2) is 47.7 Å². The van der Waals surface area contributed by atoms with Crippen molar-refractivity contribution < 1.29 is 4.74 Å². The number of hydrogen-bond donors (Lipinski definition) is 1. The van der Waals surface area contributed by atoms with Gasteiger partial charge in [0.05, 0.1) is 25.1 Å². The number of aryl methyl sites for hydroxylation is 2. The van der Waals surface area contributed by atoms with Gasteiger partial charge in [-0.2, -0.15) is 0 Å². The molecular formula is C15H22N4OS. The van der Waals surface area contributed by atoms with E-state index in [9.17, 15) is 0 Å². The number of anilines is 1. The van der Waals surface area contributed by atoms with Gasteiger partial charge in [-0.05, 0) is 26.3 Å². The van der Waals surface area contributed by atoms with Crippen LogP contribution in [0.2, 0.25) is 0 Å². The van der Waals surface area contributed by atoms with Gasteiger partial charge in [0.2, 0.25) is 0 Å². The summed E-state index contributed by atoms with van der Waals surface area (Å²) in [7, 11) is 1.93. The summed E-state index contributed by atoms with van der Waals surface area (Å²) >= 11 is 1.75. The fourth-order valence-corrected chi connectivity index (χ4v) is 3.77. The Balaban J connectivity index is 1.96. The van der Waals surface area contributed by atoms with Gasteiger partial charge in [-0.25, -0.2) is 9.97 Å². The van der Waals surface area contributed by atoms with Crippen LogP contribution in [0.1, 0.15) is 23.2 Å². The third-order valence-electron chi connectivity index (χ3n) is 4.16. The Kier molecular flexibility index (Phi) is 4.10. The molecule has 1 aliphatic heterocycles. The van der Waals surface area contributed by atoms with Gasteiger partial charge in [0, 0.05) is 24.5 Å². The van der Waals surface area contributed by atoms with Crippen LogP contribution < -0.4 is 5.32 Å². The Morgan fingerprint density at radius 2 is 2.19 bits per heavy atom. The maximum Gasteiger partial charge on any atom is 0.146 e. The highest BCUT2D eigenvalue weighted by Crippen LogP contribution is 2.33. The Bertz CT molecular complexity index is 655. The zero-order valence-electron chi connectivity index (χ0n) is 13.1.